The third-order valence-electron chi connectivity index (χ3n) is 2.80. The van der Waals surface area contributed by atoms with Gasteiger partial charge in [0.15, 0.2) is 0 Å². The van der Waals surface area contributed by atoms with Crippen LogP contribution in [-0.4, -0.2) is 20.9 Å². The van der Waals surface area contributed by atoms with Crippen LogP contribution in [0.5, 0.6) is 0 Å². The fraction of sp³-hybridized carbons (Fsp3) is 0.636. The first-order valence-electron chi connectivity index (χ1n) is 5.02. The second kappa shape index (κ2) is 3.68. The average molecular weight is 210 g/mol. The molecular weight excluding hydrogens is 192 g/mol. The Hall–Kier alpha value is -1.32. The lowest BCUT2D eigenvalue weighted by Gasteiger charge is -2.27. The summed E-state index contributed by atoms with van der Waals surface area (Å²) in [7, 11) is 0. The van der Waals surface area contributed by atoms with Crippen LogP contribution in [0, 0.1) is 12.3 Å². The van der Waals surface area contributed by atoms with Crippen LogP contribution in [0.2, 0.25) is 0 Å². The number of aromatic nitrogens is 2. The van der Waals surface area contributed by atoms with Crippen LogP contribution in [0.3, 0.4) is 0 Å². The first-order chi connectivity index (χ1) is 6.73. The summed E-state index contributed by atoms with van der Waals surface area (Å²) in [6, 6.07) is 0.171. The number of hydrogen-bond acceptors (Lipinski definition) is 2. The monoisotopic (exact) mass is 210 g/mol. The Bertz CT molecular complexity index is 374. The quantitative estimate of drug-likeness (QED) is 0.815. The summed E-state index contributed by atoms with van der Waals surface area (Å²) < 4.78 is 1.73. The summed E-state index contributed by atoms with van der Waals surface area (Å²) in [5.74, 6) is -0.917. The van der Waals surface area contributed by atoms with Crippen molar-refractivity contribution in [2.45, 2.75) is 40.7 Å². The summed E-state index contributed by atoms with van der Waals surface area (Å²) in [5, 5.41) is 13.1. The highest BCUT2D eigenvalue weighted by Crippen LogP contribution is 2.29. The predicted molar refractivity (Wildman–Crippen MR) is 58.1 cm³/mol. The van der Waals surface area contributed by atoms with Gasteiger partial charge in [-0.05, 0) is 19.3 Å². The molecule has 0 saturated carbocycles. The van der Waals surface area contributed by atoms with E-state index in [0.717, 1.165) is 0 Å². The zero-order chi connectivity index (χ0) is 11.8. The summed E-state index contributed by atoms with van der Waals surface area (Å²) in [4.78, 5) is 10.9. The van der Waals surface area contributed by atoms with Gasteiger partial charge in [-0.2, -0.15) is 5.10 Å². The first kappa shape index (κ1) is 11.8. The van der Waals surface area contributed by atoms with E-state index < -0.39 is 5.97 Å². The Morgan fingerprint density at radius 3 is 2.40 bits per heavy atom. The second-order valence-corrected chi connectivity index (χ2v) is 4.96. The van der Waals surface area contributed by atoms with Gasteiger partial charge in [0.25, 0.3) is 0 Å². The number of carbonyl (C=O) groups is 1. The molecule has 0 aliphatic rings. The van der Waals surface area contributed by atoms with Crippen molar-refractivity contribution in [3.63, 3.8) is 0 Å². The Labute approximate surface area is 89.9 Å². The highest BCUT2D eigenvalue weighted by Gasteiger charge is 2.24. The predicted octanol–water partition coefficient (Wildman–Crippen LogP) is 2.50. The van der Waals surface area contributed by atoms with E-state index >= 15 is 0 Å². The van der Waals surface area contributed by atoms with Gasteiger partial charge in [0, 0.05) is 6.20 Å². The molecule has 84 valence electrons. The number of hydrogen-bond donors (Lipinski definition) is 1. The van der Waals surface area contributed by atoms with E-state index in [9.17, 15) is 4.79 Å². The topological polar surface area (TPSA) is 55.1 Å². The molecule has 4 nitrogen and oxygen atoms in total. The van der Waals surface area contributed by atoms with Gasteiger partial charge >= 0.3 is 5.97 Å². The SMILES string of the molecule is Cc1nn(C(C)C(C)(C)C)cc1C(=O)O. The molecule has 0 aliphatic heterocycles. The van der Waals surface area contributed by atoms with Crippen molar-refractivity contribution in [1.82, 2.24) is 9.78 Å². The maximum Gasteiger partial charge on any atom is 0.339 e. The van der Waals surface area contributed by atoms with Gasteiger partial charge in [-0.15, -0.1) is 0 Å². The van der Waals surface area contributed by atoms with Crippen molar-refractivity contribution in [2.75, 3.05) is 0 Å². The summed E-state index contributed by atoms with van der Waals surface area (Å²) >= 11 is 0. The largest absolute Gasteiger partial charge is 0.478 e. The number of aromatic carboxylic acids is 1. The lowest BCUT2D eigenvalue weighted by Crippen LogP contribution is -2.22. The molecule has 0 aliphatic carbocycles. The van der Waals surface area contributed by atoms with Crippen molar-refractivity contribution >= 4 is 5.97 Å². The standard InChI is InChI=1S/C11H18N2O2/c1-7-9(10(14)15)6-13(12-7)8(2)11(3,4)5/h6,8H,1-5H3,(H,14,15). The van der Waals surface area contributed by atoms with Crippen LogP contribution >= 0.6 is 0 Å². The summed E-state index contributed by atoms with van der Waals surface area (Å²) in [6.07, 6.45) is 1.60. The van der Waals surface area contributed by atoms with Crippen molar-refractivity contribution in [3.05, 3.63) is 17.5 Å². The van der Waals surface area contributed by atoms with E-state index in [0.29, 0.717) is 5.69 Å². The van der Waals surface area contributed by atoms with Crippen molar-refractivity contribution in [2.24, 2.45) is 5.41 Å². The lowest BCUT2D eigenvalue weighted by atomic mass is 9.88. The zero-order valence-corrected chi connectivity index (χ0v) is 9.90. The van der Waals surface area contributed by atoms with Crippen LogP contribution in [0.25, 0.3) is 0 Å². The van der Waals surface area contributed by atoms with E-state index in [1.807, 2.05) is 6.92 Å². The van der Waals surface area contributed by atoms with Crippen molar-refractivity contribution < 1.29 is 9.90 Å². The third-order valence-corrected chi connectivity index (χ3v) is 2.80. The van der Waals surface area contributed by atoms with Crippen molar-refractivity contribution in [3.8, 4) is 0 Å². The van der Waals surface area contributed by atoms with Crippen LogP contribution in [0.1, 0.15) is 49.8 Å². The molecular formula is C11H18N2O2. The van der Waals surface area contributed by atoms with Crippen LogP contribution in [0.15, 0.2) is 6.20 Å². The molecule has 0 fully saturated rings. The zero-order valence-electron chi connectivity index (χ0n) is 9.90. The lowest BCUT2D eigenvalue weighted by molar-refractivity contribution is 0.0696. The molecule has 1 unspecified atom stereocenters. The molecule has 1 rings (SSSR count). The molecule has 0 bridgehead atoms. The third kappa shape index (κ3) is 2.37. The Balaban J connectivity index is 3.08. The Kier molecular flexibility index (Phi) is 2.88. The maximum absolute atomic E-state index is 10.9. The highest BCUT2D eigenvalue weighted by molar-refractivity contribution is 5.88. The molecule has 0 amide bonds. The molecule has 1 atom stereocenters. The molecule has 0 radical (unpaired) electrons. The minimum Gasteiger partial charge on any atom is -0.478 e. The van der Waals surface area contributed by atoms with E-state index in [1.54, 1.807) is 17.8 Å². The molecule has 4 heteroatoms. The van der Waals surface area contributed by atoms with E-state index in [1.165, 1.54) is 0 Å². The minimum absolute atomic E-state index is 0.0637. The molecule has 1 aromatic rings. The fourth-order valence-corrected chi connectivity index (χ4v) is 1.29. The molecule has 1 aromatic heterocycles. The average Bonchev–Trinajstić information content (AvgIpc) is 2.44. The van der Waals surface area contributed by atoms with Gasteiger partial charge < -0.3 is 5.11 Å². The smallest absolute Gasteiger partial charge is 0.339 e. The molecule has 1 heterocycles. The fourth-order valence-electron chi connectivity index (χ4n) is 1.29. The van der Waals surface area contributed by atoms with Gasteiger partial charge in [0.1, 0.15) is 5.56 Å². The van der Waals surface area contributed by atoms with Crippen molar-refractivity contribution in [1.29, 1.82) is 0 Å². The van der Waals surface area contributed by atoms with Crippen LogP contribution in [0.4, 0.5) is 0 Å². The number of aryl methyl sites for hydroxylation is 1. The Morgan fingerprint density at radius 1 is 1.53 bits per heavy atom. The number of nitrogens with zero attached hydrogens (tertiary/aromatic N) is 2. The van der Waals surface area contributed by atoms with Gasteiger partial charge in [0.2, 0.25) is 0 Å². The number of carboxylic acid groups (broad SMARTS) is 1. The van der Waals surface area contributed by atoms with Gasteiger partial charge in [-0.25, -0.2) is 4.79 Å². The van der Waals surface area contributed by atoms with Crippen LogP contribution in [-0.2, 0) is 0 Å². The number of rotatable bonds is 2. The van der Waals surface area contributed by atoms with E-state index in [2.05, 4.69) is 25.9 Å². The van der Waals surface area contributed by atoms with Gasteiger partial charge in [-0.3, -0.25) is 4.68 Å². The molecule has 0 spiro atoms. The molecule has 15 heavy (non-hydrogen) atoms. The van der Waals surface area contributed by atoms with Gasteiger partial charge in [-0.1, -0.05) is 20.8 Å². The van der Waals surface area contributed by atoms with Crippen LogP contribution < -0.4 is 0 Å². The minimum atomic E-state index is -0.917. The van der Waals surface area contributed by atoms with E-state index in [4.69, 9.17) is 5.11 Å². The summed E-state index contributed by atoms with van der Waals surface area (Å²) in [6.45, 7) is 10.1. The van der Waals surface area contributed by atoms with E-state index in [-0.39, 0.29) is 17.0 Å². The highest BCUT2D eigenvalue weighted by atomic mass is 16.4. The number of carboxylic acids is 1. The first-order valence-corrected chi connectivity index (χ1v) is 5.02. The molecule has 0 saturated heterocycles. The molecule has 1 N–H and O–H groups in total. The maximum atomic E-state index is 10.9. The Morgan fingerprint density at radius 2 is 2.07 bits per heavy atom. The normalized spacial score (nSPS) is 13.9. The summed E-state index contributed by atoms with van der Waals surface area (Å²) in [5.41, 5.74) is 0.915. The molecule has 0 aromatic carbocycles. The second-order valence-electron chi connectivity index (χ2n) is 4.96. The van der Waals surface area contributed by atoms with Gasteiger partial charge in [0.05, 0.1) is 11.7 Å².